The lowest BCUT2D eigenvalue weighted by Crippen LogP contribution is -1.81. The van der Waals surface area contributed by atoms with E-state index < -0.39 is 0 Å². The molecule has 3 heteroatoms. The maximum atomic E-state index is 10.4. The Bertz CT molecular complexity index is 149. The maximum absolute atomic E-state index is 10.4. The number of ketones is 1. The monoisotopic (exact) mass is 160 g/mol. The van der Waals surface area contributed by atoms with E-state index in [-0.39, 0.29) is 5.78 Å². The number of rotatable bonds is 3. The van der Waals surface area contributed by atoms with Gasteiger partial charge in [0.15, 0.2) is 5.78 Å². The Morgan fingerprint density at radius 1 is 1.78 bits per heavy atom. The van der Waals surface area contributed by atoms with Crippen LogP contribution in [0.15, 0.2) is 23.6 Å². The van der Waals surface area contributed by atoms with Gasteiger partial charge in [0.05, 0.1) is 0 Å². The third kappa shape index (κ3) is 4.36. The molecule has 0 aliphatic carbocycles. The molecule has 0 aliphatic heterocycles. The second kappa shape index (κ2) is 4.70. The van der Waals surface area contributed by atoms with Gasteiger partial charge < -0.3 is 0 Å². The van der Waals surface area contributed by atoms with Crippen LogP contribution in [0.5, 0.6) is 0 Å². The van der Waals surface area contributed by atoms with E-state index in [4.69, 9.17) is 0 Å². The van der Waals surface area contributed by atoms with Crippen molar-refractivity contribution in [2.24, 2.45) is 0 Å². The van der Waals surface area contributed by atoms with Crippen molar-refractivity contribution in [3.8, 4) is 0 Å². The SMILES string of the molecule is C=C/C(=C\C(C)=O)SS. The second-order valence-corrected chi connectivity index (χ2v) is 2.65. The largest absolute Gasteiger partial charge is 0.295 e. The van der Waals surface area contributed by atoms with Gasteiger partial charge in [0, 0.05) is 4.91 Å². The predicted octanol–water partition coefficient (Wildman–Crippen LogP) is 2.22. The maximum Gasteiger partial charge on any atom is 0.153 e. The molecule has 0 saturated carbocycles. The fourth-order valence-electron chi connectivity index (χ4n) is 0.323. The van der Waals surface area contributed by atoms with Gasteiger partial charge in [0.25, 0.3) is 0 Å². The highest BCUT2D eigenvalue weighted by atomic mass is 33.1. The van der Waals surface area contributed by atoms with Crippen LogP contribution in [0.1, 0.15) is 6.92 Å². The van der Waals surface area contributed by atoms with Crippen LogP contribution in [-0.4, -0.2) is 5.78 Å². The zero-order valence-corrected chi connectivity index (χ0v) is 6.84. The van der Waals surface area contributed by atoms with Crippen LogP contribution in [0.4, 0.5) is 0 Å². The van der Waals surface area contributed by atoms with Crippen molar-refractivity contribution in [1.29, 1.82) is 0 Å². The van der Waals surface area contributed by atoms with Crippen molar-refractivity contribution in [2.45, 2.75) is 6.92 Å². The summed E-state index contributed by atoms with van der Waals surface area (Å²) in [6.45, 7) is 4.99. The van der Waals surface area contributed by atoms with Crippen molar-refractivity contribution >= 4 is 28.2 Å². The number of carbonyl (C=O) groups is 1. The topological polar surface area (TPSA) is 17.1 Å². The summed E-state index contributed by atoms with van der Waals surface area (Å²) < 4.78 is 0. The third-order valence-corrected chi connectivity index (χ3v) is 1.78. The van der Waals surface area contributed by atoms with E-state index in [2.05, 4.69) is 18.2 Å². The van der Waals surface area contributed by atoms with Crippen molar-refractivity contribution in [3.63, 3.8) is 0 Å². The zero-order valence-electron chi connectivity index (χ0n) is 5.13. The van der Waals surface area contributed by atoms with Gasteiger partial charge in [-0.15, -0.1) is 11.7 Å². The smallest absolute Gasteiger partial charge is 0.153 e. The Morgan fingerprint density at radius 2 is 2.33 bits per heavy atom. The standard InChI is InChI=1S/C6H8OS2/c1-3-6(9-8)4-5(2)7/h3-4,8H,1H2,2H3/b6-4+. The molecule has 0 amide bonds. The average Bonchev–Trinajstić information content (AvgIpc) is 1.82. The lowest BCUT2D eigenvalue weighted by atomic mass is 10.4. The fraction of sp³-hybridized carbons (Fsp3) is 0.167. The minimum absolute atomic E-state index is 0.0199. The van der Waals surface area contributed by atoms with Crippen molar-refractivity contribution < 1.29 is 4.79 Å². The molecule has 0 aromatic heterocycles. The lowest BCUT2D eigenvalue weighted by molar-refractivity contribution is -0.112. The van der Waals surface area contributed by atoms with E-state index >= 15 is 0 Å². The molecule has 0 heterocycles. The van der Waals surface area contributed by atoms with Gasteiger partial charge in [-0.25, -0.2) is 0 Å². The van der Waals surface area contributed by atoms with Crippen LogP contribution in [0.2, 0.25) is 0 Å². The van der Waals surface area contributed by atoms with Gasteiger partial charge in [0.1, 0.15) is 0 Å². The molecule has 0 fully saturated rings. The molecule has 0 spiro atoms. The summed E-state index contributed by atoms with van der Waals surface area (Å²) in [5.74, 6) is 0.0199. The summed E-state index contributed by atoms with van der Waals surface area (Å²) in [4.78, 5) is 11.2. The minimum atomic E-state index is 0.0199. The van der Waals surface area contributed by atoms with E-state index in [0.717, 1.165) is 4.91 Å². The first-order valence-corrected chi connectivity index (χ1v) is 4.23. The van der Waals surface area contributed by atoms with E-state index in [0.29, 0.717) is 0 Å². The van der Waals surface area contributed by atoms with Crippen LogP contribution in [-0.2, 0) is 4.79 Å². The highest BCUT2D eigenvalue weighted by Gasteiger charge is 1.89. The molecule has 9 heavy (non-hydrogen) atoms. The fourth-order valence-corrected chi connectivity index (χ4v) is 0.998. The molecule has 0 radical (unpaired) electrons. The number of hydrogen-bond acceptors (Lipinski definition) is 3. The van der Waals surface area contributed by atoms with Gasteiger partial charge >= 0.3 is 0 Å². The summed E-state index contributed by atoms with van der Waals surface area (Å²) >= 11 is 3.90. The van der Waals surface area contributed by atoms with Crippen LogP contribution >= 0.6 is 22.5 Å². The molecule has 0 unspecified atom stereocenters. The first-order chi connectivity index (χ1) is 4.20. The van der Waals surface area contributed by atoms with E-state index in [1.165, 1.54) is 23.8 Å². The van der Waals surface area contributed by atoms with Crippen LogP contribution < -0.4 is 0 Å². The normalized spacial score (nSPS) is 11.1. The molecule has 0 aliphatic rings. The molecule has 0 saturated heterocycles. The molecule has 0 rings (SSSR count). The Labute approximate surface area is 64.0 Å². The summed E-state index contributed by atoms with van der Waals surface area (Å²) in [6, 6.07) is 0. The van der Waals surface area contributed by atoms with Gasteiger partial charge in [-0.2, -0.15) is 0 Å². The molecule has 0 aromatic rings. The molecule has 0 aromatic carbocycles. The first-order valence-electron chi connectivity index (χ1n) is 2.37. The van der Waals surface area contributed by atoms with Crippen molar-refractivity contribution in [1.82, 2.24) is 0 Å². The quantitative estimate of drug-likeness (QED) is 0.295. The molecular formula is C6H8OS2. The van der Waals surface area contributed by atoms with Gasteiger partial charge in [-0.3, -0.25) is 4.79 Å². The van der Waals surface area contributed by atoms with Crippen LogP contribution in [0.25, 0.3) is 0 Å². The number of allylic oxidation sites excluding steroid dienone is 2. The number of thiol groups is 1. The Hall–Kier alpha value is -0.150. The highest BCUT2D eigenvalue weighted by molar-refractivity contribution is 8.70. The Kier molecular flexibility index (Phi) is 4.62. The summed E-state index contributed by atoms with van der Waals surface area (Å²) in [5.41, 5.74) is 0. The van der Waals surface area contributed by atoms with Crippen LogP contribution in [0, 0.1) is 0 Å². The predicted molar refractivity (Wildman–Crippen MR) is 45.5 cm³/mol. The van der Waals surface area contributed by atoms with Crippen molar-refractivity contribution in [3.05, 3.63) is 23.6 Å². The Morgan fingerprint density at radius 3 is 2.44 bits per heavy atom. The summed E-state index contributed by atoms with van der Waals surface area (Å²) in [6.07, 6.45) is 3.09. The van der Waals surface area contributed by atoms with E-state index in [9.17, 15) is 4.79 Å². The lowest BCUT2D eigenvalue weighted by Gasteiger charge is -1.89. The van der Waals surface area contributed by atoms with Gasteiger partial charge in [0.2, 0.25) is 0 Å². The molecule has 0 atom stereocenters. The van der Waals surface area contributed by atoms with Crippen molar-refractivity contribution in [2.75, 3.05) is 0 Å². The average molecular weight is 160 g/mol. The van der Waals surface area contributed by atoms with Gasteiger partial charge in [-0.05, 0) is 13.0 Å². The highest BCUT2D eigenvalue weighted by Crippen LogP contribution is 2.19. The molecule has 50 valence electrons. The van der Waals surface area contributed by atoms with Crippen LogP contribution in [0.3, 0.4) is 0 Å². The third-order valence-electron chi connectivity index (χ3n) is 0.652. The molecule has 0 bridgehead atoms. The number of carbonyl (C=O) groups excluding carboxylic acids is 1. The van der Waals surface area contributed by atoms with Gasteiger partial charge in [-0.1, -0.05) is 23.4 Å². The Balaban J connectivity index is 4.07. The first kappa shape index (κ1) is 8.85. The number of hydrogen-bond donors (Lipinski definition) is 1. The molecule has 1 nitrogen and oxygen atoms in total. The molecular weight excluding hydrogens is 152 g/mol. The second-order valence-electron chi connectivity index (χ2n) is 1.45. The summed E-state index contributed by atoms with van der Waals surface area (Å²) in [5, 5.41) is 0. The van der Waals surface area contributed by atoms with E-state index in [1.54, 1.807) is 6.08 Å². The summed E-state index contributed by atoms with van der Waals surface area (Å²) in [7, 11) is 1.21. The molecule has 0 N–H and O–H groups in total. The van der Waals surface area contributed by atoms with E-state index in [1.807, 2.05) is 0 Å². The minimum Gasteiger partial charge on any atom is -0.295 e. The zero-order chi connectivity index (χ0) is 7.28.